The third kappa shape index (κ3) is 3.15. The van der Waals surface area contributed by atoms with Crippen LogP contribution >= 0.6 is 0 Å². The van der Waals surface area contributed by atoms with Gasteiger partial charge in [0.25, 0.3) is 0 Å². The van der Waals surface area contributed by atoms with Crippen molar-refractivity contribution in [3.05, 3.63) is 58.8 Å². The van der Waals surface area contributed by atoms with Crippen molar-refractivity contribution in [2.24, 2.45) is 10.7 Å². The van der Waals surface area contributed by atoms with Crippen LogP contribution in [0.5, 0.6) is 0 Å². The van der Waals surface area contributed by atoms with Crippen molar-refractivity contribution < 1.29 is 4.79 Å². The molecule has 0 unspecified atom stereocenters. The maximum atomic E-state index is 12.2. The Morgan fingerprint density at radius 1 is 1.30 bits per heavy atom. The molecule has 1 aliphatic rings. The van der Waals surface area contributed by atoms with E-state index in [1.807, 2.05) is 50.2 Å². The zero-order valence-corrected chi connectivity index (χ0v) is 13.1. The second-order valence-electron chi connectivity index (χ2n) is 5.56. The number of nitrogens with two attached hydrogens (primary N) is 1. The Bertz CT molecular complexity index is 770. The van der Waals surface area contributed by atoms with Crippen molar-refractivity contribution in [1.29, 1.82) is 0 Å². The van der Waals surface area contributed by atoms with Gasteiger partial charge in [0, 0.05) is 5.56 Å². The fourth-order valence-corrected chi connectivity index (χ4v) is 2.70. The molecule has 6 heteroatoms. The first-order valence-electron chi connectivity index (χ1n) is 7.48. The summed E-state index contributed by atoms with van der Waals surface area (Å²) in [5, 5.41) is 5.67. The first kappa shape index (κ1) is 15.0. The molecular formula is C17H19N5O. The first-order valence-corrected chi connectivity index (χ1v) is 7.48. The molecule has 4 N–H and O–H groups in total. The number of aliphatic imine (C=N–C) groups is 1. The standard InChI is InChI=1S/C17H19N5O/c1-10(12-6-4-3-5-7-12)21-17(23)22-14-8-13-9-19-16(18)15(13)11(2)20-14/h3-8,10H,9H2,1-2H3,(H2,18,19)(H2,20,21,22,23)/t10-/m0/s1. The van der Waals surface area contributed by atoms with Gasteiger partial charge in [0.2, 0.25) is 0 Å². The maximum Gasteiger partial charge on any atom is 0.320 e. The minimum atomic E-state index is -0.292. The minimum Gasteiger partial charge on any atom is -0.383 e. The highest BCUT2D eigenvalue weighted by Gasteiger charge is 2.18. The number of nitrogens with one attached hydrogen (secondary N) is 2. The lowest BCUT2D eigenvalue weighted by atomic mass is 10.1. The lowest BCUT2D eigenvalue weighted by molar-refractivity contribution is 0.249. The number of anilines is 1. The van der Waals surface area contributed by atoms with Crippen molar-refractivity contribution in [3.63, 3.8) is 0 Å². The molecule has 0 fully saturated rings. The molecule has 0 aliphatic carbocycles. The van der Waals surface area contributed by atoms with E-state index in [1.54, 1.807) is 0 Å². The van der Waals surface area contributed by atoms with Gasteiger partial charge in [0.15, 0.2) is 0 Å². The van der Waals surface area contributed by atoms with E-state index in [2.05, 4.69) is 20.6 Å². The van der Waals surface area contributed by atoms with Gasteiger partial charge in [0.1, 0.15) is 11.7 Å². The summed E-state index contributed by atoms with van der Waals surface area (Å²) >= 11 is 0. The van der Waals surface area contributed by atoms with Gasteiger partial charge in [0.05, 0.1) is 18.3 Å². The fourth-order valence-electron chi connectivity index (χ4n) is 2.70. The van der Waals surface area contributed by atoms with E-state index in [0.717, 1.165) is 22.4 Å². The van der Waals surface area contributed by atoms with Crippen LogP contribution in [0.15, 0.2) is 41.4 Å². The predicted molar refractivity (Wildman–Crippen MR) is 90.4 cm³/mol. The summed E-state index contributed by atoms with van der Waals surface area (Å²) in [6, 6.07) is 11.2. The van der Waals surface area contributed by atoms with E-state index in [9.17, 15) is 4.79 Å². The number of rotatable bonds is 3. The molecule has 3 rings (SSSR count). The third-order valence-electron chi connectivity index (χ3n) is 3.85. The molecule has 118 valence electrons. The van der Waals surface area contributed by atoms with Gasteiger partial charge in [-0.2, -0.15) is 0 Å². The van der Waals surface area contributed by atoms with E-state index < -0.39 is 0 Å². The van der Waals surface area contributed by atoms with Gasteiger partial charge in [-0.15, -0.1) is 0 Å². The highest BCUT2D eigenvalue weighted by atomic mass is 16.2. The van der Waals surface area contributed by atoms with E-state index in [0.29, 0.717) is 18.2 Å². The molecule has 2 heterocycles. The molecule has 6 nitrogen and oxygen atoms in total. The number of hydrogen-bond donors (Lipinski definition) is 3. The van der Waals surface area contributed by atoms with Gasteiger partial charge in [-0.05, 0) is 31.0 Å². The molecule has 0 bridgehead atoms. The first-order chi connectivity index (χ1) is 11.0. The molecule has 1 aliphatic heterocycles. The van der Waals surface area contributed by atoms with Crippen LogP contribution in [0.2, 0.25) is 0 Å². The van der Waals surface area contributed by atoms with Gasteiger partial charge >= 0.3 is 6.03 Å². The molecule has 1 aromatic heterocycles. The van der Waals surface area contributed by atoms with Crippen LogP contribution in [0.3, 0.4) is 0 Å². The van der Waals surface area contributed by atoms with Crippen LogP contribution in [-0.4, -0.2) is 16.9 Å². The number of amides is 2. The Morgan fingerprint density at radius 2 is 2.04 bits per heavy atom. The summed E-state index contributed by atoms with van der Waals surface area (Å²) < 4.78 is 0. The average molecular weight is 309 g/mol. The summed E-state index contributed by atoms with van der Waals surface area (Å²) in [5.74, 6) is 1.02. The van der Waals surface area contributed by atoms with E-state index in [1.165, 1.54) is 0 Å². The molecule has 1 aromatic carbocycles. The Kier molecular flexibility index (Phi) is 3.97. The van der Waals surface area contributed by atoms with Gasteiger partial charge in [-0.3, -0.25) is 10.3 Å². The number of fused-ring (bicyclic) bond motifs is 1. The van der Waals surface area contributed by atoms with Gasteiger partial charge in [-0.1, -0.05) is 30.3 Å². The zero-order chi connectivity index (χ0) is 16.4. The van der Waals surface area contributed by atoms with Crippen LogP contribution in [0, 0.1) is 6.92 Å². The van der Waals surface area contributed by atoms with Crippen LogP contribution in [0.4, 0.5) is 10.6 Å². The molecular weight excluding hydrogens is 290 g/mol. The minimum absolute atomic E-state index is 0.0919. The van der Waals surface area contributed by atoms with E-state index in [-0.39, 0.29) is 12.1 Å². The second kappa shape index (κ2) is 6.08. The lowest BCUT2D eigenvalue weighted by Crippen LogP contribution is -2.31. The van der Waals surface area contributed by atoms with E-state index >= 15 is 0 Å². The van der Waals surface area contributed by atoms with Crippen LogP contribution in [0.1, 0.15) is 35.3 Å². The predicted octanol–water partition coefficient (Wildman–Crippen LogP) is 2.49. The number of nitrogens with zero attached hydrogens (tertiary/aromatic N) is 2. The number of aryl methyl sites for hydroxylation is 1. The van der Waals surface area contributed by atoms with Crippen LogP contribution in [-0.2, 0) is 6.54 Å². The molecule has 2 aromatic rings. The summed E-state index contributed by atoms with van der Waals surface area (Å²) in [6.45, 7) is 4.33. The average Bonchev–Trinajstić information content (AvgIpc) is 2.89. The molecule has 0 spiro atoms. The Hall–Kier alpha value is -2.89. The van der Waals surface area contributed by atoms with Crippen molar-refractivity contribution in [3.8, 4) is 0 Å². The second-order valence-corrected chi connectivity index (χ2v) is 5.56. The summed E-state index contributed by atoms with van der Waals surface area (Å²) in [5.41, 5.74) is 9.52. The smallest absolute Gasteiger partial charge is 0.320 e. The number of amidine groups is 1. The van der Waals surface area contributed by atoms with Crippen molar-refractivity contribution in [2.75, 3.05) is 5.32 Å². The zero-order valence-electron chi connectivity index (χ0n) is 13.1. The maximum absolute atomic E-state index is 12.2. The number of hydrogen-bond acceptors (Lipinski definition) is 4. The monoisotopic (exact) mass is 309 g/mol. The number of carbonyl (C=O) groups is 1. The summed E-state index contributed by atoms with van der Waals surface area (Å²) in [6.07, 6.45) is 0. The highest BCUT2D eigenvalue weighted by molar-refractivity contribution is 6.02. The Morgan fingerprint density at radius 3 is 2.78 bits per heavy atom. The third-order valence-corrected chi connectivity index (χ3v) is 3.85. The quantitative estimate of drug-likeness (QED) is 0.813. The highest BCUT2D eigenvalue weighted by Crippen LogP contribution is 2.22. The summed E-state index contributed by atoms with van der Waals surface area (Å²) in [4.78, 5) is 20.7. The molecule has 2 amide bonds. The van der Waals surface area contributed by atoms with Crippen molar-refractivity contribution in [1.82, 2.24) is 10.3 Å². The van der Waals surface area contributed by atoms with Gasteiger partial charge < -0.3 is 11.1 Å². The number of carbonyl (C=O) groups excluding carboxylic acids is 1. The number of pyridine rings is 1. The molecule has 0 radical (unpaired) electrons. The fraction of sp³-hybridized carbons (Fsp3) is 0.235. The Balaban J connectivity index is 1.68. The van der Waals surface area contributed by atoms with Crippen LogP contribution in [0.25, 0.3) is 0 Å². The normalized spacial score (nSPS) is 13.9. The summed E-state index contributed by atoms with van der Waals surface area (Å²) in [7, 11) is 0. The number of urea groups is 1. The molecule has 0 saturated carbocycles. The number of benzene rings is 1. The van der Waals surface area contributed by atoms with Crippen molar-refractivity contribution >= 4 is 17.7 Å². The number of aromatic nitrogens is 1. The molecule has 0 saturated heterocycles. The SMILES string of the molecule is Cc1nc(NC(=O)N[C@@H](C)c2ccccc2)cc2c1C(N)=NC2. The topological polar surface area (TPSA) is 92.4 Å². The largest absolute Gasteiger partial charge is 0.383 e. The van der Waals surface area contributed by atoms with Gasteiger partial charge in [-0.25, -0.2) is 9.78 Å². The lowest BCUT2D eigenvalue weighted by Gasteiger charge is -2.15. The molecule has 1 atom stereocenters. The van der Waals surface area contributed by atoms with Crippen molar-refractivity contribution in [2.45, 2.75) is 26.4 Å². The van der Waals surface area contributed by atoms with Crippen LogP contribution < -0.4 is 16.4 Å². The van der Waals surface area contributed by atoms with E-state index in [4.69, 9.17) is 5.73 Å². The Labute approximate surface area is 134 Å². The molecule has 23 heavy (non-hydrogen) atoms.